The minimum absolute atomic E-state index is 0.249. The van der Waals surface area contributed by atoms with E-state index < -0.39 is 0 Å². The van der Waals surface area contributed by atoms with Gasteiger partial charge in [-0.15, -0.1) is 0 Å². The molecule has 0 aromatic rings. The van der Waals surface area contributed by atoms with Crippen molar-refractivity contribution in [3.63, 3.8) is 0 Å². The smallest absolute Gasteiger partial charge is 0.155 e. The Bertz CT molecular complexity index is 458. The Hall–Kier alpha value is -1.37. The molecular weight excluding hydrogens is 256 g/mol. The van der Waals surface area contributed by atoms with Crippen LogP contribution in [0.5, 0.6) is 0 Å². The normalized spacial score (nSPS) is 23.0. The van der Waals surface area contributed by atoms with E-state index in [1.54, 1.807) is 6.08 Å². The summed E-state index contributed by atoms with van der Waals surface area (Å²) in [6, 6.07) is 0. The van der Waals surface area contributed by atoms with Crippen LogP contribution in [-0.2, 0) is 4.79 Å². The van der Waals surface area contributed by atoms with Gasteiger partial charge in [0.1, 0.15) is 0 Å². The van der Waals surface area contributed by atoms with Gasteiger partial charge in [0.25, 0.3) is 0 Å². The van der Waals surface area contributed by atoms with Gasteiger partial charge in [-0.2, -0.15) is 0 Å². The molecule has 1 aliphatic carbocycles. The van der Waals surface area contributed by atoms with E-state index in [-0.39, 0.29) is 5.78 Å². The van der Waals surface area contributed by atoms with Gasteiger partial charge in [0.15, 0.2) is 5.78 Å². The zero-order valence-corrected chi connectivity index (χ0v) is 14.1. The lowest BCUT2D eigenvalue weighted by atomic mass is 9.84. The highest BCUT2D eigenvalue weighted by Gasteiger charge is 2.17. The summed E-state index contributed by atoms with van der Waals surface area (Å²) >= 11 is 0. The molecule has 2 atom stereocenters. The minimum atomic E-state index is 0.249. The fraction of sp³-hybridized carbons (Fsp3) is 0.550. The molecule has 0 N–H and O–H groups in total. The van der Waals surface area contributed by atoms with Crippen LogP contribution in [-0.4, -0.2) is 5.78 Å². The molecule has 0 aromatic heterocycles. The Labute approximate surface area is 130 Å². The van der Waals surface area contributed by atoms with Crippen LogP contribution >= 0.6 is 0 Å². The maximum absolute atomic E-state index is 12.0. The summed E-state index contributed by atoms with van der Waals surface area (Å²) in [7, 11) is 0. The largest absolute Gasteiger partial charge is 0.295 e. The van der Waals surface area contributed by atoms with Crippen LogP contribution in [0.2, 0.25) is 0 Å². The fourth-order valence-electron chi connectivity index (χ4n) is 2.76. The molecule has 116 valence electrons. The van der Waals surface area contributed by atoms with Crippen LogP contribution in [0.3, 0.4) is 0 Å². The van der Waals surface area contributed by atoms with E-state index in [9.17, 15) is 4.79 Å². The molecule has 0 fully saturated rings. The predicted molar refractivity (Wildman–Crippen MR) is 92.2 cm³/mol. The summed E-state index contributed by atoms with van der Waals surface area (Å²) in [6.45, 7) is 12.5. The molecule has 1 heteroatoms. The molecule has 1 unspecified atom stereocenters. The van der Waals surface area contributed by atoms with Crippen LogP contribution in [0, 0.1) is 11.8 Å². The Morgan fingerprint density at radius 3 is 2.81 bits per heavy atom. The van der Waals surface area contributed by atoms with E-state index in [1.165, 1.54) is 11.1 Å². The van der Waals surface area contributed by atoms with E-state index in [4.69, 9.17) is 0 Å². The van der Waals surface area contributed by atoms with Crippen molar-refractivity contribution < 1.29 is 4.79 Å². The first-order chi connectivity index (χ1) is 9.88. The molecule has 0 saturated heterocycles. The van der Waals surface area contributed by atoms with Gasteiger partial charge in [-0.1, -0.05) is 48.5 Å². The first-order valence-corrected chi connectivity index (χ1v) is 8.08. The predicted octanol–water partition coefficient (Wildman–Crippen LogP) is 5.80. The number of rotatable bonds is 4. The molecule has 0 aromatic carbocycles. The fourth-order valence-corrected chi connectivity index (χ4v) is 2.76. The van der Waals surface area contributed by atoms with E-state index in [1.807, 2.05) is 13.8 Å². The van der Waals surface area contributed by atoms with Gasteiger partial charge >= 0.3 is 0 Å². The zero-order chi connectivity index (χ0) is 15.8. The van der Waals surface area contributed by atoms with Crippen LogP contribution < -0.4 is 0 Å². The molecule has 0 radical (unpaired) electrons. The second kappa shape index (κ2) is 8.81. The van der Waals surface area contributed by atoms with Gasteiger partial charge < -0.3 is 0 Å². The van der Waals surface area contributed by atoms with Crippen molar-refractivity contribution in [1.82, 2.24) is 0 Å². The summed E-state index contributed by atoms with van der Waals surface area (Å²) in [4.78, 5) is 12.0. The first kappa shape index (κ1) is 17.7. The third-order valence-corrected chi connectivity index (χ3v) is 4.11. The highest BCUT2D eigenvalue weighted by atomic mass is 16.1. The second-order valence-electron chi connectivity index (χ2n) is 6.68. The van der Waals surface area contributed by atoms with E-state index in [0.29, 0.717) is 18.3 Å². The highest BCUT2D eigenvalue weighted by Crippen LogP contribution is 2.27. The van der Waals surface area contributed by atoms with Gasteiger partial charge in [0.2, 0.25) is 0 Å². The average Bonchev–Trinajstić information content (AvgIpc) is 2.37. The third kappa shape index (κ3) is 7.27. The number of carbonyl (C=O) groups excluding carboxylic acids is 1. The summed E-state index contributed by atoms with van der Waals surface area (Å²) in [5, 5.41) is 0. The summed E-state index contributed by atoms with van der Waals surface area (Å²) in [5.41, 5.74) is 3.74. The number of hydrogen-bond acceptors (Lipinski definition) is 1. The molecule has 0 heterocycles. The molecule has 0 amide bonds. The van der Waals surface area contributed by atoms with E-state index in [2.05, 4.69) is 38.7 Å². The molecule has 0 saturated carbocycles. The topological polar surface area (TPSA) is 17.1 Å². The van der Waals surface area contributed by atoms with Crippen molar-refractivity contribution in [2.45, 2.75) is 59.8 Å². The molecular formula is C20H30O. The summed E-state index contributed by atoms with van der Waals surface area (Å²) in [6.07, 6.45) is 13.6. The van der Waals surface area contributed by atoms with Crippen molar-refractivity contribution in [2.75, 3.05) is 0 Å². The minimum Gasteiger partial charge on any atom is -0.295 e. The van der Waals surface area contributed by atoms with Gasteiger partial charge in [-0.05, 0) is 64.4 Å². The zero-order valence-electron chi connectivity index (χ0n) is 14.1. The van der Waals surface area contributed by atoms with Crippen molar-refractivity contribution >= 4 is 5.78 Å². The molecule has 1 nitrogen and oxygen atoms in total. The molecule has 1 aliphatic rings. The Kier molecular flexibility index (Phi) is 7.42. The average molecular weight is 286 g/mol. The molecule has 0 aliphatic heterocycles. The Balaban J connectivity index is 2.74. The monoisotopic (exact) mass is 286 g/mol. The maximum Gasteiger partial charge on any atom is 0.155 e. The van der Waals surface area contributed by atoms with Gasteiger partial charge in [0, 0.05) is 6.42 Å². The van der Waals surface area contributed by atoms with Crippen LogP contribution in [0.25, 0.3) is 0 Å². The highest BCUT2D eigenvalue weighted by molar-refractivity contribution is 5.90. The van der Waals surface area contributed by atoms with Crippen molar-refractivity contribution in [1.29, 1.82) is 0 Å². The lowest BCUT2D eigenvalue weighted by Crippen LogP contribution is -2.14. The number of ketones is 1. The van der Waals surface area contributed by atoms with Crippen LogP contribution in [0.1, 0.15) is 59.8 Å². The van der Waals surface area contributed by atoms with Gasteiger partial charge in [-0.25, -0.2) is 0 Å². The number of allylic oxidation sites excluding steroid dienone is 7. The first-order valence-electron chi connectivity index (χ1n) is 8.08. The molecule has 1 rings (SSSR count). The van der Waals surface area contributed by atoms with Crippen LogP contribution in [0.15, 0.2) is 47.6 Å². The van der Waals surface area contributed by atoms with Crippen molar-refractivity contribution in [3.8, 4) is 0 Å². The number of carbonyl (C=O) groups is 1. The number of hydrogen-bond donors (Lipinski definition) is 0. The van der Waals surface area contributed by atoms with Gasteiger partial charge in [0.05, 0.1) is 0 Å². The van der Waals surface area contributed by atoms with E-state index >= 15 is 0 Å². The third-order valence-electron chi connectivity index (χ3n) is 4.11. The Morgan fingerprint density at radius 2 is 2.14 bits per heavy atom. The van der Waals surface area contributed by atoms with Crippen LogP contribution in [0.4, 0.5) is 0 Å². The summed E-state index contributed by atoms with van der Waals surface area (Å²) < 4.78 is 0. The lowest BCUT2D eigenvalue weighted by molar-refractivity contribution is -0.115. The molecule has 0 bridgehead atoms. The summed E-state index contributed by atoms with van der Waals surface area (Å²) in [5.74, 6) is 1.08. The van der Waals surface area contributed by atoms with E-state index in [0.717, 1.165) is 31.3 Å². The molecule has 21 heavy (non-hydrogen) atoms. The standard InChI is InChI=1S/C20H30O/c1-15(2)13-20(21)14-18(5)19-11-9-16(3)7-6-8-17(4)10-12-19/h8-9,11,13,18-19H,3,6-7,10,12,14H2,1-2,4-5H3/b11-9+,17-8?/t18?,19-/m1/s1. The van der Waals surface area contributed by atoms with Crippen molar-refractivity contribution in [2.24, 2.45) is 11.8 Å². The quantitative estimate of drug-likeness (QED) is 0.471. The lowest BCUT2D eigenvalue weighted by Gasteiger charge is -2.21. The SMILES string of the molecule is C=C1/C=C/[C@@H](C(C)CC(=O)C=C(C)C)CCC(C)=CCC1. The second-order valence-corrected chi connectivity index (χ2v) is 6.68. The van der Waals surface area contributed by atoms with Gasteiger partial charge in [-0.3, -0.25) is 4.79 Å². The van der Waals surface area contributed by atoms with Crippen molar-refractivity contribution in [3.05, 3.63) is 47.6 Å². The maximum atomic E-state index is 12.0. The Morgan fingerprint density at radius 1 is 1.43 bits per heavy atom. The molecule has 0 spiro atoms.